The molecule has 0 saturated heterocycles. The van der Waals surface area contributed by atoms with Gasteiger partial charge >= 0.3 is 13.8 Å². The van der Waals surface area contributed by atoms with E-state index in [-0.39, 0.29) is 25.6 Å². The van der Waals surface area contributed by atoms with Crippen molar-refractivity contribution in [1.29, 1.82) is 0 Å². The Kier molecular flexibility index (Phi) is 35.8. The highest BCUT2D eigenvalue weighted by atomic mass is 31.2. The van der Waals surface area contributed by atoms with E-state index >= 15 is 0 Å². The average Bonchev–Trinajstić information content (AvgIpc) is 3.07. The lowest BCUT2D eigenvalue weighted by Gasteiger charge is -2.20. The zero-order valence-electron chi connectivity index (χ0n) is 31.2. The van der Waals surface area contributed by atoms with Crippen molar-refractivity contribution >= 4 is 13.8 Å². The molecule has 0 aromatic rings. The fraction of sp³-hybridized carbons (Fsp3) is 0.974. The lowest BCUT2D eigenvalue weighted by Crippen LogP contribution is -2.29. The molecule has 0 bridgehead atoms. The van der Waals surface area contributed by atoms with Gasteiger partial charge in [0.05, 0.1) is 26.4 Å². The highest BCUT2D eigenvalue weighted by molar-refractivity contribution is 7.47. The van der Waals surface area contributed by atoms with Crippen LogP contribution in [0.3, 0.4) is 0 Å². The van der Waals surface area contributed by atoms with E-state index in [1.165, 1.54) is 141 Å². The molecule has 0 spiro atoms. The SMILES string of the molecule is CCCCCCCCCCCCCCCCCC(=O)OC(COCCCCCCCCCCCCCC)COP(=O)(O)OCC(O)CO. The minimum Gasteiger partial charge on any atom is -0.457 e. The predicted octanol–water partition coefficient (Wildman–Crippen LogP) is 10.4. The van der Waals surface area contributed by atoms with Crippen LogP contribution < -0.4 is 0 Å². The molecule has 0 aromatic heterocycles. The Balaban J connectivity index is 4.16. The number of ether oxygens (including phenoxy) is 2. The second-order valence-corrected chi connectivity index (χ2v) is 15.1. The molecule has 0 aliphatic rings. The standard InChI is InChI=1S/C38H77O9P/c1-3-5-7-9-11-13-15-17-18-19-20-22-24-26-28-30-38(41)47-37(35-46-48(42,43)45-33-36(40)32-39)34-44-31-29-27-25-23-21-16-14-12-10-8-6-4-2/h36-37,39-40H,3-35H2,1-2H3,(H,42,43). The fourth-order valence-corrected chi connectivity index (χ4v) is 6.50. The number of phosphoric ester groups is 1. The van der Waals surface area contributed by atoms with Gasteiger partial charge in [-0.3, -0.25) is 13.8 Å². The largest absolute Gasteiger partial charge is 0.472 e. The first-order valence-electron chi connectivity index (χ1n) is 20.0. The van der Waals surface area contributed by atoms with E-state index in [4.69, 9.17) is 23.6 Å². The van der Waals surface area contributed by atoms with E-state index in [2.05, 4.69) is 13.8 Å². The van der Waals surface area contributed by atoms with Crippen LogP contribution in [0, 0.1) is 0 Å². The maximum atomic E-state index is 12.6. The zero-order chi connectivity index (χ0) is 35.4. The summed E-state index contributed by atoms with van der Waals surface area (Å²) in [6.07, 6.45) is 31.9. The van der Waals surface area contributed by atoms with Crippen LogP contribution >= 0.6 is 7.82 Å². The summed E-state index contributed by atoms with van der Waals surface area (Å²) in [7, 11) is -4.50. The van der Waals surface area contributed by atoms with Crippen LogP contribution in [0.25, 0.3) is 0 Å². The number of aliphatic hydroxyl groups is 2. The van der Waals surface area contributed by atoms with Gasteiger partial charge < -0.3 is 24.6 Å². The predicted molar refractivity (Wildman–Crippen MR) is 196 cm³/mol. The van der Waals surface area contributed by atoms with Gasteiger partial charge in [0.15, 0.2) is 0 Å². The Bertz CT molecular complexity index is 724. The minimum absolute atomic E-state index is 0.0574. The molecule has 0 aliphatic heterocycles. The molecule has 0 rings (SSSR count). The van der Waals surface area contributed by atoms with Crippen LogP contribution in [0.15, 0.2) is 0 Å². The third-order valence-electron chi connectivity index (χ3n) is 8.79. The summed E-state index contributed by atoms with van der Waals surface area (Å²) in [6, 6.07) is 0. The third-order valence-corrected chi connectivity index (χ3v) is 9.74. The van der Waals surface area contributed by atoms with E-state index in [1.807, 2.05) is 0 Å². The Hall–Kier alpha value is -0.540. The van der Waals surface area contributed by atoms with Gasteiger partial charge in [0.25, 0.3) is 0 Å². The van der Waals surface area contributed by atoms with Crippen molar-refractivity contribution in [2.24, 2.45) is 0 Å². The van der Waals surface area contributed by atoms with E-state index in [1.54, 1.807) is 0 Å². The molecule has 0 heterocycles. The number of aliphatic hydroxyl groups excluding tert-OH is 2. The summed E-state index contributed by atoms with van der Waals surface area (Å²) in [4.78, 5) is 22.5. The molecule has 0 aliphatic carbocycles. The number of hydrogen-bond donors (Lipinski definition) is 3. The average molecular weight is 709 g/mol. The Morgan fingerprint density at radius 3 is 1.35 bits per heavy atom. The van der Waals surface area contributed by atoms with Crippen molar-refractivity contribution in [2.75, 3.05) is 33.0 Å². The summed E-state index contributed by atoms with van der Waals surface area (Å²) in [5, 5.41) is 18.3. The van der Waals surface area contributed by atoms with Crippen LogP contribution in [0.4, 0.5) is 0 Å². The monoisotopic (exact) mass is 709 g/mol. The number of phosphoric acid groups is 1. The number of carbonyl (C=O) groups is 1. The van der Waals surface area contributed by atoms with Gasteiger partial charge in [0.2, 0.25) is 0 Å². The van der Waals surface area contributed by atoms with Crippen molar-refractivity contribution in [3.8, 4) is 0 Å². The van der Waals surface area contributed by atoms with Gasteiger partial charge in [-0.25, -0.2) is 4.57 Å². The molecule has 3 unspecified atom stereocenters. The summed E-state index contributed by atoms with van der Waals surface area (Å²) in [5.41, 5.74) is 0. The first kappa shape index (κ1) is 47.5. The molecule has 0 radical (unpaired) electrons. The molecule has 9 nitrogen and oxygen atoms in total. The van der Waals surface area contributed by atoms with E-state index in [0.717, 1.165) is 32.1 Å². The molecule has 0 amide bonds. The summed E-state index contributed by atoms with van der Waals surface area (Å²) >= 11 is 0. The first-order valence-corrected chi connectivity index (χ1v) is 21.5. The third kappa shape index (κ3) is 35.3. The van der Waals surface area contributed by atoms with Crippen LogP contribution in [0.2, 0.25) is 0 Å². The van der Waals surface area contributed by atoms with Crippen molar-refractivity contribution in [2.45, 2.75) is 206 Å². The quantitative estimate of drug-likeness (QED) is 0.0324. The molecule has 0 fully saturated rings. The molecular weight excluding hydrogens is 631 g/mol. The van der Waals surface area contributed by atoms with E-state index < -0.39 is 33.2 Å². The van der Waals surface area contributed by atoms with Crippen LogP contribution in [-0.4, -0.2) is 66.3 Å². The number of rotatable bonds is 39. The van der Waals surface area contributed by atoms with Gasteiger partial charge in [-0.1, -0.05) is 174 Å². The highest BCUT2D eigenvalue weighted by Gasteiger charge is 2.26. The maximum absolute atomic E-state index is 12.6. The Labute approximate surface area is 295 Å². The first-order chi connectivity index (χ1) is 23.3. The lowest BCUT2D eigenvalue weighted by molar-refractivity contribution is -0.154. The van der Waals surface area contributed by atoms with Gasteiger partial charge in [-0.2, -0.15) is 0 Å². The van der Waals surface area contributed by atoms with Crippen molar-refractivity contribution in [3.63, 3.8) is 0 Å². The Morgan fingerprint density at radius 2 is 0.938 bits per heavy atom. The number of carbonyl (C=O) groups excluding carboxylic acids is 1. The number of esters is 1. The van der Waals surface area contributed by atoms with Crippen molar-refractivity contribution < 1.29 is 43.0 Å². The van der Waals surface area contributed by atoms with E-state index in [0.29, 0.717) is 6.61 Å². The molecule has 3 N–H and O–H groups in total. The molecule has 288 valence electrons. The molecule has 0 saturated carbocycles. The zero-order valence-corrected chi connectivity index (χ0v) is 32.1. The minimum atomic E-state index is -4.50. The summed E-state index contributed by atoms with van der Waals surface area (Å²) < 4.78 is 33.3. The molecular formula is C38H77O9P. The van der Waals surface area contributed by atoms with Gasteiger partial charge in [-0.15, -0.1) is 0 Å². The molecule has 48 heavy (non-hydrogen) atoms. The van der Waals surface area contributed by atoms with Crippen LogP contribution in [0.1, 0.15) is 194 Å². The second kappa shape index (κ2) is 36.3. The van der Waals surface area contributed by atoms with E-state index in [9.17, 15) is 19.4 Å². The normalized spacial score (nSPS) is 14.2. The lowest BCUT2D eigenvalue weighted by atomic mass is 10.0. The molecule has 3 atom stereocenters. The fourth-order valence-electron chi connectivity index (χ4n) is 5.71. The molecule has 10 heteroatoms. The van der Waals surface area contributed by atoms with Crippen LogP contribution in [0.5, 0.6) is 0 Å². The topological polar surface area (TPSA) is 132 Å². The maximum Gasteiger partial charge on any atom is 0.472 e. The van der Waals surface area contributed by atoms with Crippen LogP contribution in [-0.2, 0) is 27.9 Å². The smallest absolute Gasteiger partial charge is 0.457 e. The second-order valence-electron chi connectivity index (χ2n) is 13.7. The van der Waals surface area contributed by atoms with Gasteiger partial charge in [0, 0.05) is 13.0 Å². The number of hydrogen-bond acceptors (Lipinski definition) is 8. The highest BCUT2D eigenvalue weighted by Crippen LogP contribution is 2.43. The Morgan fingerprint density at radius 1 is 0.562 bits per heavy atom. The number of unbranched alkanes of at least 4 members (excludes halogenated alkanes) is 25. The molecule has 0 aromatic carbocycles. The summed E-state index contributed by atoms with van der Waals surface area (Å²) in [5.74, 6) is -0.378. The van der Waals surface area contributed by atoms with Gasteiger partial charge in [-0.05, 0) is 12.8 Å². The summed E-state index contributed by atoms with van der Waals surface area (Å²) in [6.45, 7) is 3.55. The van der Waals surface area contributed by atoms with Crippen molar-refractivity contribution in [3.05, 3.63) is 0 Å². The van der Waals surface area contributed by atoms with Gasteiger partial charge in [0.1, 0.15) is 12.2 Å². The van der Waals surface area contributed by atoms with Crippen molar-refractivity contribution in [1.82, 2.24) is 0 Å².